The third-order valence-corrected chi connectivity index (χ3v) is 7.64. The minimum Gasteiger partial charge on any atom is -0.378 e. The average Bonchev–Trinajstić information content (AvgIpc) is 3.14. The molecule has 2 N–H and O–H groups in total. The molecule has 1 aliphatic rings. The molecule has 4 rings (SSSR count). The van der Waals surface area contributed by atoms with Crippen LogP contribution in [0, 0.1) is 0 Å². The van der Waals surface area contributed by atoms with Gasteiger partial charge >= 0.3 is 0 Å². The van der Waals surface area contributed by atoms with Crippen LogP contribution in [0.2, 0.25) is 0 Å². The first-order valence-corrected chi connectivity index (χ1v) is 12.4. The summed E-state index contributed by atoms with van der Waals surface area (Å²) in [4.78, 5) is 30.4. The summed E-state index contributed by atoms with van der Waals surface area (Å²) in [5, 5.41) is -1.30. The summed E-state index contributed by atoms with van der Waals surface area (Å²) in [6, 6.07) is 12.9. The number of amides is 2. The third-order valence-electron chi connectivity index (χ3n) is 5.08. The smallest absolute Gasteiger partial charge is 0.254 e. The van der Waals surface area contributed by atoms with Crippen LogP contribution in [0.5, 0.6) is 0 Å². The lowest BCUT2D eigenvalue weighted by Gasteiger charge is -2.26. The second kappa shape index (κ2) is 8.37. The molecule has 8 nitrogen and oxygen atoms in total. The SMILES string of the molecule is CS(=O)(=O)C(C(N)=O)c1nc2cc(-c3ccc(C(=O)N4CCOCC4)cc3)ccc2s1. The summed E-state index contributed by atoms with van der Waals surface area (Å²) in [5.74, 6) is -0.963. The van der Waals surface area contributed by atoms with Gasteiger partial charge in [-0.05, 0) is 35.4 Å². The molecule has 1 aliphatic heterocycles. The van der Waals surface area contributed by atoms with E-state index in [-0.39, 0.29) is 10.9 Å². The van der Waals surface area contributed by atoms with Gasteiger partial charge in [0.25, 0.3) is 5.91 Å². The number of ether oxygens (including phenoxy) is 1. The molecule has 162 valence electrons. The predicted octanol–water partition coefficient (Wildman–Crippen LogP) is 2.01. The maximum absolute atomic E-state index is 12.6. The van der Waals surface area contributed by atoms with Gasteiger partial charge < -0.3 is 15.4 Å². The van der Waals surface area contributed by atoms with Crippen molar-refractivity contribution in [3.8, 4) is 11.1 Å². The van der Waals surface area contributed by atoms with Gasteiger partial charge in [-0.15, -0.1) is 11.3 Å². The van der Waals surface area contributed by atoms with E-state index in [1.54, 1.807) is 17.0 Å². The average molecular weight is 460 g/mol. The summed E-state index contributed by atoms with van der Waals surface area (Å²) < 4.78 is 30.0. The van der Waals surface area contributed by atoms with Gasteiger partial charge in [-0.2, -0.15) is 0 Å². The summed E-state index contributed by atoms with van der Waals surface area (Å²) in [5.41, 5.74) is 8.25. The van der Waals surface area contributed by atoms with Crippen molar-refractivity contribution in [2.75, 3.05) is 32.6 Å². The molecule has 1 saturated heterocycles. The van der Waals surface area contributed by atoms with Crippen molar-refractivity contribution in [3.05, 3.63) is 53.0 Å². The van der Waals surface area contributed by atoms with Gasteiger partial charge in [-0.3, -0.25) is 9.59 Å². The second-order valence-corrected chi connectivity index (χ2v) is 10.5. The normalized spacial score (nSPS) is 15.7. The molecular weight excluding hydrogens is 438 g/mol. The summed E-state index contributed by atoms with van der Waals surface area (Å²) >= 11 is 1.14. The van der Waals surface area contributed by atoms with Gasteiger partial charge in [-0.1, -0.05) is 18.2 Å². The highest BCUT2D eigenvalue weighted by atomic mass is 32.2. The summed E-state index contributed by atoms with van der Waals surface area (Å²) in [6.07, 6.45) is 0.972. The molecule has 1 aromatic heterocycles. The van der Waals surface area contributed by atoms with E-state index in [0.29, 0.717) is 37.4 Å². The largest absolute Gasteiger partial charge is 0.378 e. The molecule has 2 amide bonds. The van der Waals surface area contributed by atoms with Crippen molar-refractivity contribution in [1.29, 1.82) is 0 Å². The Balaban J connectivity index is 1.61. The van der Waals surface area contributed by atoms with Crippen molar-refractivity contribution >= 4 is 43.2 Å². The summed E-state index contributed by atoms with van der Waals surface area (Å²) in [6.45, 7) is 2.27. The highest BCUT2D eigenvalue weighted by Crippen LogP contribution is 2.33. The van der Waals surface area contributed by atoms with Gasteiger partial charge in [0, 0.05) is 24.9 Å². The third kappa shape index (κ3) is 4.46. The van der Waals surface area contributed by atoms with E-state index in [2.05, 4.69) is 4.98 Å². The van der Waals surface area contributed by atoms with E-state index in [1.165, 1.54) is 0 Å². The first-order chi connectivity index (χ1) is 14.7. The number of fused-ring (bicyclic) bond motifs is 1. The number of thiazole rings is 1. The van der Waals surface area contributed by atoms with Crippen molar-refractivity contribution in [2.45, 2.75) is 5.25 Å². The van der Waals surface area contributed by atoms with E-state index in [0.717, 1.165) is 33.4 Å². The predicted molar refractivity (Wildman–Crippen MR) is 119 cm³/mol. The van der Waals surface area contributed by atoms with E-state index in [4.69, 9.17) is 10.5 Å². The Morgan fingerprint density at radius 2 is 1.74 bits per heavy atom. The topological polar surface area (TPSA) is 120 Å². The lowest BCUT2D eigenvalue weighted by atomic mass is 10.0. The number of nitrogens with zero attached hydrogens (tertiary/aromatic N) is 2. The fourth-order valence-electron chi connectivity index (χ4n) is 3.51. The van der Waals surface area contributed by atoms with E-state index in [9.17, 15) is 18.0 Å². The Bertz CT molecular complexity index is 1250. The number of hydrogen-bond donors (Lipinski definition) is 1. The van der Waals surface area contributed by atoms with Crippen LogP contribution in [-0.4, -0.2) is 62.7 Å². The zero-order valence-corrected chi connectivity index (χ0v) is 18.4. The maximum atomic E-state index is 12.6. The second-order valence-electron chi connectivity index (χ2n) is 7.33. The van der Waals surface area contributed by atoms with Crippen molar-refractivity contribution in [3.63, 3.8) is 0 Å². The highest BCUT2D eigenvalue weighted by Gasteiger charge is 2.32. The molecule has 0 bridgehead atoms. The minimum absolute atomic E-state index is 0.0206. The molecule has 0 spiro atoms. The zero-order chi connectivity index (χ0) is 22.2. The van der Waals surface area contributed by atoms with Gasteiger partial charge in [0.05, 0.1) is 23.4 Å². The number of aromatic nitrogens is 1. The number of sulfone groups is 1. The lowest BCUT2D eigenvalue weighted by Crippen LogP contribution is -2.40. The number of primary amides is 1. The molecule has 2 aromatic carbocycles. The van der Waals surface area contributed by atoms with Crippen LogP contribution in [0.1, 0.15) is 20.6 Å². The van der Waals surface area contributed by atoms with Crippen LogP contribution in [-0.2, 0) is 19.4 Å². The molecule has 1 fully saturated rings. The number of carbonyl (C=O) groups excluding carboxylic acids is 2. The first-order valence-electron chi connectivity index (χ1n) is 9.60. The number of carbonyl (C=O) groups is 2. The van der Waals surface area contributed by atoms with Gasteiger partial charge in [0.15, 0.2) is 15.1 Å². The number of benzene rings is 2. The van der Waals surface area contributed by atoms with Gasteiger partial charge in [-0.25, -0.2) is 13.4 Å². The molecule has 0 saturated carbocycles. The first kappa shape index (κ1) is 21.4. The Morgan fingerprint density at radius 1 is 1.10 bits per heavy atom. The fraction of sp³-hybridized carbons (Fsp3) is 0.286. The molecule has 1 atom stereocenters. The Kier molecular flexibility index (Phi) is 5.78. The van der Waals surface area contributed by atoms with Crippen LogP contribution >= 0.6 is 11.3 Å². The Labute approximate surface area is 183 Å². The number of hydrogen-bond acceptors (Lipinski definition) is 7. The molecule has 2 heterocycles. The van der Waals surface area contributed by atoms with Crippen molar-refractivity contribution in [2.24, 2.45) is 5.73 Å². The van der Waals surface area contributed by atoms with Crippen LogP contribution < -0.4 is 5.73 Å². The molecular formula is C21H21N3O5S2. The van der Waals surface area contributed by atoms with E-state index in [1.807, 2.05) is 30.3 Å². The van der Waals surface area contributed by atoms with Gasteiger partial charge in [0.2, 0.25) is 5.91 Å². The maximum Gasteiger partial charge on any atom is 0.254 e. The molecule has 10 heteroatoms. The Morgan fingerprint density at radius 3 is 2.35 bits per heavy atom. The van der Waals surface area contributed by atoms with Crippen LogP contribution in [0.25, 0.3) is 21.3 Å². The highest BCUT2D eigenvalue weighted by molar-refractivity contribution is 7.91. The molecule has 0 aliphatic carbocycles. The minimum atomic E-state index is -3.72. The molecule has 3 aromatic rings. The van der Waals surface area contributed by atoms with Crippen LogP contribution in [0.3, 0.4) is 0 Å². The quantitative estimate of drug-likeness (QED) is 0.623. The van der Waals surface area contributed by atoms with Crippen molar-refractivity contribution in [1.82, 2.24) is 9.88 Å². The standard InChI is InChI=1S/C21H21N3O5S2/c1-31(27,28)18(19(22)25)20-23-16-12-15(6-7-17(16)30-20)13-2-4-14(5-3-13)21(26)24-8-10-29-11-9-24/h2-7,12,18H,8-11H2,1H3,(H2,22,25). The van der Waals surface area contributed by atoms with Crippen molar-refractivity contribution < 1.29 is 22.7 Å². The monoisotopic (exact) mass is 459 g/mol. The van der Waals surface area contributed by atoms with E-state index < -0.39 is 21.0 Å². The van der Waals surface area contributed by atoms with Crippen LogP contribution in [0.4, 0.5) is 0 Å². The summed E-state index contributed by atoms with van der Waals surface area (Å²) in [7, 11) is -3.72. The Hall–Kier alpha value is -2.82. The fourth-order valence-corrected chi connectivity index (χ4v) is 5.95. The molecule has 31 heavy (non-hydrogen) atoms. The van der Waals surface area contributed by atoms with Gasteiger partial charge in [0.1, 0.15) is 5.01 Å². The number of morpholine rings is 1. The number of rotatable bonds is 5. The lowest BCUT2D eigenvalue weighted by molar-refractivity contribution is -0.117. The van der Waals surface area contributed by atoms with E-state index >= 15 is 0 Å². The van der Waals surface area contributed by atoms with Crippen LogP contribution in [0.15, 0.2) is 42.5 Å². The molecule has 1 unspecified atom stereocenters. The molecule has 0 radical (unpaired) electrons. The zero-order valence-electron chi connectivity index (χ0n) is 16.8. The number of nitrogens with two attached hydrogens (primary N) is 1.